The number of carbonyl (C=O) groups is 5. The molecule has 18 heteroatoms. The first-order chi connectivity index (χ1) is 21.0. The van der Waals surface area contributed by atoms with Crippen molar-refractivity contribution < 1.29 is 71.3 Å². The lowest BCUT2D eigenvalue weighted by atomic mass is 9.97. The lowest BCUT2D eigenvalue weighted by Crippen LogP contribution is -2.64. The lowest BCUT2D eigenvalue weighted by molar-refractivity contribution is -0.296. The van der Waals surface area contributed by atoms with Gasteiger partial charge in [-0.3, -0.25) is 24.0 Å². The molecule has 0 amide bonds. The molecule has 0 unspecified atom stereocenters. The number of hydrogen-bond donors (Lipinski definition) is 2. The first-order valence-corrected chi connectivity index (χ1v) is 14.5. The first kappa shape index (κ1) is 36.3. The number of ether oxygens (including phenoxy) is 10. The summed E-state index contributed by atoms with van der Waals surface area (Å²) in [4.78, 5) is 59.5. The standard InChI is InChI=1S/C27H40N2O15S/c1-11(30)36-10-16(18-20(38-13(3)32)23-25(42-18)44-27(6,7)43-23)29-26(45)28-9-17-19(37-12(2)31)21(39-14(4)33)22(40-15(5)34)24(35-8)41-17/h16-25H,9-10H2,1-8H3,(H2,28,29,45)/t16-,17+,18+,19+,20-,21-,22+,23+,24-,25+/m0/s1. The maximum Gasteiger partial charge on any atom is 0.303 e. The van der Waals surface area contributed by atoms with Gasteiger partial charge in [0.25, 0.3) is 0 Å². The van der Waals surface area contributed by atoms with Crippen LogP contribution in [0.15, 0.2) is 0 Å². The summed E-state index contributed by atoms with van der Waals surface area (Å²) in [5, 5.41) is 5.92. The Balaban J connectivity index is 1.79. The predicted molar refractivity (Wildman–Crippen MR) is 151 cm³/mol. The summed E-state index contributed by atoms with van der Waals surface area (Å²) in [6, 6.07) is -0.871. The van der Waals surface area contributed by atoms with Crippen LogP contribution < -0.4 is 10.6 Å². The minimum atomic E-state index is -1.29. The smallest absolute Gasteiger partial charge is 0.303 e. The molecule has 0 aromatic heterocycles. The molecular formula is C27H40N2O15S. The summed E-state index contributed by atoms with van der Waals surface area (Å²) in [6.45, 7) is 8.88. The Morgan fingerprint density at radius 1 is 0.778 bits per heavy atom. The molecule has 45 heavy (non-hydrogen) atoms. The van der Waals surface area contributed by atoms with Gasteiger partial charge < -0.3 is 58.0 Å². The Morgan fingerprint density at radius 2 is 1.33 bits per heavy atom. The van der Waals surface area contributed by atoms with Gasteiger partial charge in [-0.1, -0.05) is 0 Å². The van der Waals surface area contributed by atoms with Crippen LogP contribution in [0.3, 0.4) is 0 Å². The van der Waals surface area contributed by atoms with Crippen LogP contribution >= 0.6 is 12.2 Å². The van der Waals surface area contributed by atoms with Crippen molar-refractivity contribution in [3.8, 4) is 0 Å². The number of nitrogens with one attached hydrogen (secondary N) is 2. The highest BCUT2D eigenvalue weighted by molar-refractivity contribution is 7.80. The van der Waals surface area contributed by atoms with Crippen molar-refractivity contribution in [1.82, 2.24) is 10.6 Å². The summed E-state index contributed by atoms with van der Waals surface area (Å²) < 4.78 is 56.0. The molecule has 0 spiro atoms. The van der Waals surface area contributed by atoms with Crippen LogP contribution in [-0.2, 0) is 71.3 Å². The van der Waals surface area contributed by atoms with Crippen molar-refractivity contribution in [2.75, 3.05) is 20.3 Å². The van der Waals surface area contributed by atoms with Crippen molar-refractivity contribution in [2.24, 2.45) is 0 Å². The molecule has 3 aliphatic heterocycles. The molecular weight excluding hydrogens is 624 g/mol. The van der Waals surface area contributed by atoms with Gasteiger partial charge in [-0.15, -0.1) is 0 Å². The normalized spacial score (nSPS) is 32.3. The molecule has 3 rings (SSSR count). The number of thiocarbonyl (C=S) groups is 1. The number of fused-ring (bicyclic) bond motifs is 1. The third kappa shape index (κ3) is 9.91. The van der Waals surface area contributed by atoms with Crippen LogP contribution in [0.5, 0.6) is 0 Å². The van der Waals surface area contributed by atoms with E-state index in [0.717, 1.165) is 20.8 Å². The molecule has 3 fully saturated rings. The molecule has 17 nitrogen and oxygen atoms in total. The molecule has 254 valence electrons. The Labute approximate surface area is 265 Å². The van der Waals surface area contributed by atoms with Gasteiger partial charge in [0.05, 0.1) is 6.04 Å². The SMILES string of the molecule is CO[C@H]1O[C@H](CNC(=S)N[C@@H](COC(C)=O)[C@H]2O[C@@H]3OC(C)(C)O[C@@H]3[C@H]2OC(C)=O)[C@@H](OC(C)=O)[C@H](OC(C)=O)[C@H]1OC(C)=O. The zero-order valence-corrected chi connectivity index (χ0v) is 27.0. The monoisotopic (exact) mass is 664 g/mol. The Kier molecular flexibility index (Phi) is 12.4. The van der Waals surface area contributed by atoms with Crippen molar-refractivity contribution in [3.05, 3.63) is 0 Å². The van der Waals surface area contributed by atoms with Crippen molar-refractivity contribution >= 4 is 47.2 Å². The maximum absolute atomic E-state index is 12.0. The van der Waals surface area contributed by atoms with E-state index in [1.165, 1.54) is 21.0 Å². The molecule has 3 heterocycles. The van der Waals surface area contributed by atoms with Crippen molar-refractivity contribution in [1.29, 1.82) is 0 Å². The lowest BCUT2D eigenvalue weighted by Gasteiger charge is -2.44. The summed E-state index contributed by atoms with van der Waals surface area (Å²) in [7, 11) is 1.29. The quantitative estimate of drug-likeness (QED) is 0.160. The molecule has 10 atom stereocenters. The van der Waals surface area contributed by atoms with Gasteiger partial charge in [0.1, 0.15) is 18.8 Å². The van der Waals surface area contributed by atoms with E-state index in [-0.39, 0.29) is 18.3 Å². The van der Waals surface area contributed by atoms with Gasteiger partial charge in [0, 0.05) is 48.3 Å². The number of esters is 5. The first-order valence-electron chi connectivity index (χ1n) is 14.1. The zero-order chi connectivity index (χ0) is 33.6. The number of rotatable bonds is 11. The molecule has 2 N–H and O–H groups in total. The summed E-state index contributed by atoms with van der Waals surface area (Å²) in [6.07, 6.45) is -9.60. The van der Waals surface area contributed by atoms with E-state index in [4.69, 9.17) is 59.6 Å². The molecule has 0 bridgehead atoms. The van der Waals surface area contributed by atoms with E-state index in [0.29, 0.717) is 0 Å². The number of carbonyl (C=O) groups excluding carboxylic acids is 5. The van der Waals surface area contributed by atoms with Crippen LogP contribution in [0.1, 0.15) is 48.5 Å². The fraction of sp³-hybridized carbons (Fsp3) is 0.778. The second kappa shape index (κ2) is 15.4. The summed E-state index contributed by atoms with van der Waals surface area (Å²) in [5.41, 5.74) is 0. The molecule has 0 aromatic carbocycles. The maximum atomic E-state index is 12.0. The van der Waals surface area contributed by atoms with Gasteiger partial charge in [-0.25, -0.2) is 0 Å². The van der Waals surface area contributed by atoms with Gasteiger partial charge in [0.2, 0.25) is 0 Å². The van der Waals surface area contributed by atoms with Gasteiger partial charge >= 0.3 is 29.8 Å². The molecule has 0 radical (unpaired) electrons. The largest absolute Gasteiger partial charge is 0.464 e. The third-order valence-corrected chi connectivity index (χ3v) is 6.96. The number of methoxy groups -OCH3 is 1. The van der Waals surface area contributed by atoms with Crippen LogP contribution in [0.25, 0.3) is 0 Å². The van der Waals surface area contributed by atoms with E-state index in [1.54, 1.807) is 13.8 Å². The van der Waals surface area contributed by atoms with E-state index in [2.05, 4.69) is 10.6 Å². The average Bonchev–Trinajstić information content (AvgIpc) is 3.38. The van der Waals surface area contributed by atoms with E-state index in [1.807, 2.05) is 0 Å². The predicted octanol–water partition coefficient (Wildman–Crippen LogP) is -0.643. The Bertz CT molecular complexity index is 1140. The van der Waals surface area contributed by atoms with Crippen LogP contribution in [0, 0.1) is 0 Å². The fourth-order valence-corrected chi connectivity index (χ4v) is 5.44. The van der Waals surface area contributed by atoms with Gasteiger partial charge in [0.15, 0.2) is 54.0 Å². The summed E-state index contributed by atoms with van der Waals surface area (Å²) >= 11 is 5.50. The average molecular weight is 665 g/mol. The topological polar surface area (TPSA) is 202 Å². The van der Waals surface area contributed by atoms with Crippen molar-refractivity contribution in [2.45, 2.75) is 116 Å². The third-order valence-electron chi connectivity index (χ3n) is 6.70. The fourth-order valence-electron chi connectivity index (χ4n) is 5.20. The van der Waals surface area contributed by atoms with E-state index in [9.17, 15) is 24.0 Å². The highest BCUT2D eigenvalue weighted by Gasteiger charge is 2.58. The summed E-state index contributed by atoms with van der Waals surface area (Å²) in [5.74, 6) is -4.34. The molecule has 3 aliphatic rings. The molecule has 0 saturated carbocycles. The minimum Gasteiger partial charge on any atom is -0.464 e. The second-order valence-corrected chi connectivity index (χ2v) is 11.3. The van der Waals surface area contributed by atoms with E-state index >= 15 is 0 Å². The van der Waals surface area contributed by atoms with E-state index < -0.39 is 97.0 Å². The minimum absolute atomic E-state index is 0.00170. The Hall–Kier alpha value is -3.16. The van der Waals surface area contributed by atoms with Crippen LogP contribution in [0.2, 0.25) is 0 Å². The van der Waals surface area contributed by atoms with Gasteiger partial charge in [-0.2, -0.15) is 0 Å². The Morgan fingerprint density at radius 3 is 1.89 bits per heavy atom. The highest BCUT2D eigenvalue weighted by atomic mass is 32.1. The van der Waals surface area contributed by atoms with Crippen LogP contribution in [-0.4, -0.2) is 122 Å². The zero-order valence-electron chi connectivity index (χ0n) is 26.2. The highest BCUT2D eigenvalue weighted by Crippen LogP contribution is 2.40. The molecule has 0 aromatic rings. The molecule has 3 saturated heterocycles. The van der Waals surface area contributed by atoms with Gasteiger partial charge in [-0.05, 0) is 26.1 Å². The number of hydrogen-bond acceptors (Lipinski definition) is 16. The van der Waals surface area contributed by atoms with Crippen molar-refractivity contribution in [3.63, 3.8) is 0 Å². The van der Waals surface area contributed by atoms with Crippen LogP contribution in [0.4, 0.5) is 0 Å². The second-order valence-electron chi connectivity index (χ2n) is 10.9. The molecule has 0 aliphatic carbocycles.